The predicted molar refractivity (Wildman–Crippen MR) is 97.4 cm³/mol. The van der Waals surface area contributed by atoms with Gasteiger partial charge in [0, 0.05) is 12.6 Å². The highest BCUT2D eigenvalue weighted by Gasteiger charge is 2.49. The third-order valence-electron chi connectivity index (χ3n) is 6.30. The lowest BCUT2D eigenvalue weighted by Gasteiger charge is -2.52. The quantitative estimate of drug-likeness (QED) is 0.793. The molecule has 3 atom stereocenters. The van der Waals surface area contributed by atoms with Crippen molar-refractivity contribution in [1.29, 1.82) is 0 Å². The molecule has 0 unspecified atom stereocenters. The van der Waals surface area contributed by atoms with Crippen LogP contribution in [0.15, 0.2) is 18.2 Å². The van der Waals surface area contributed by atoms with E-state index in [4.69, 9.17) is 4.74 Å². The molecule has 0 spiro atoms. The molecule has 2 aliphatic carbocycles. The summed E-state index contributed by atoms with van der Waals surface area (Å²) in [7, 11) is 0. The number of fused-ring (bicyclic) bond motifs is 3. The number of carbonyl (C=O) groups excluding carboxylic acids is 1. The van der Waals surface area contributed by atoms with Crippen LogP contribution in [0.2, 0.25) is 0 Å². The van der Waals surface area contributed by atoms with Gasteiger partial charge in [0.1, 0.15) is 0 Å². The van der Waals surface area contributed by atoms with Crippen LogP contribution in [-0.4, -0.2) is 30.2 Å². The normalized spacial score (nSPS) is 28.7. The number of hydrogen-bond acceptors (Lipinski definition) is 2. The molecule has 0 bridgehead atoms. The van der Waals surface area contributed by atoms with Crippen molar-refractivity contribution in [2.75, 3.05) is 13.2 Å². The first kappa shape index (κ1) is 17.3. The third-order valence-corrected chi connectivity index (χ3v) is 6.30. The molecule has 0 N–H and O–H groups in total. The molecule has 24 heavy (non-hydrogen) atoms. The molecule has 1 amide bonds. The molecule has 0 aromatic heterocycles. The van der Waals surface area contributed by atoms with Gasteiger partial charge in [-0.05, 0) is 62.5 Å². The van der Waals surface area contributed by atoms with Crippen molar-refractivity contribution in [3.05, 3.63) is 34.9 Å². The van der Waals surface area contributed by atoms with Crippen LogP contribution in [0.1, 0.15) is 63.1 Å². The summed E-state index contributed by atoms with van der Waals surface area (Å²) in [5, 5.41) is 0. The summed E-state index contributed by atoms with van der Waals surface area (Å²) < 4.78 is 5.35. The van der Waals surface area contributed by atoms with E-state index in [2.05, 4.69) is 39.0 Å². The second-order valence-corrected chi connectivity index (χ2v) is 7.69. The topological polar surface area (TPSA) is 29.5 Å². The number of hydrogen-bond donors (Lipinski definition) is 0. The van der Waals surface area contributed by atoms with Crippen LogP contribution in [0.5, 0.6) is 0 Å². The Morgan fingerprint density at radius 3 is 2.83 bits per heavy atom. The van der Waals surface area contributed by atoms with Crippen LogP contribution in [0.4, 0.5) is 4.79 Å². The van der Waals surface area contributed by atoms with Crippen molar-refractivity contribution in [1.82, 2.24) is 4.90 Å². The van der Waals surface area contributed by atoms with Crippen molar-refractivity contribution in [2.24, 2.45) is 5.92 Å². The number of nitrogens with zero attached hydrogens (tertiary/aromatic N) is 1. The Labute approximate surface area is 146 Å². The molecule has 1 fully saturated rings. The molecule has 1 aromatic rings. The molecule has 3 rings (SSSR count). The summed E-state index contributed by atoms with van der Waals surface area (Å²) >= 11 is 0. The Morgan fingerprint density at radius 1 is 1.33 bits per heavy atom. The largest absolute Gasteiger partial charge is 0.450 e. The number of rotatable bonds is 3. The van der Waals surface area contributed by atoms with Gasteiger partial charge < -0.3 is 9.64 Å². The van der Waals surface area contributed by atoms with E-state index in [-0.39, 0.29) is 17.6 Å². The molecule has 132 valence electrons. The highest BCUT2D eigenvalue weighted by Crippen LogP contribution is 2.51. The van der Waals surface area contributed by atoms with Gasteiger partial charge in [-0.2, -0.15) is 0 Å². The zero-order valence-electron chi connectivity index (χ0n) is 15.6. The van der Waals surface area contributed by atoms with E-state index in [0.717, 1.165) is 13.0 Å². The minimum absolute atomic E-state index is 0.145. The number of benzene rings is 1. The zero-order chi connectivity index (χ0) is 17.3. The molecule has 2 aliphatic rings. The van der Waals surface area contributed by atoms with Crippen LogP contribution in [0, 0.1) is 12.8 Å². The van der Waals surface area contributed by atoms with Gasteiger partial charge in [0.2, 0.25) is 0 Å². The molecule has 1 saturated carbocycles. The van der Waals surface area contributed by atoms with Crippen molar-refractivity contribution >= 4 is 6.09 Å². The monoisotopic (exact) mass is 329 g/mol. The minimum Gasteiger partial charge on any atom is -0.450 e. The Morgan fingerprint density at radius 2 is 2.12 bits per heavy atom. The highest BCUT2D eigenvalue weighted by molar-refractivity contribution is 5.68. The van der Waals surface area contributed by atoms with Crippen LogP contribution in [-0.2, 0) is 16.6 Å². The first-order valence-corrected chi connectivity index (χ1v) is 9.54. The summed E-state index contributed by atoms with van der Waals surface area (Å²) in [4.78, 5) is 14.5. The maximum absolute atomic E-state index is 12.5. The van der Waals surface area contributed by atoms with Gasteiger partial charge >= 0.3 is 6.09 Å². The molecule has 3 nitrogen and oxygen atoms in total. The van der Waals surface area contributed by atoms with Crippen molar-refractivity contribution in [3.63, 3.8) is 0 Å². The maximum atomic E-state index is 12.5. The fourth-order valence-electron chi connectivity index (χ4n) is 5.11. The van der Waals surface area contributed by atoms with Crippen LogP contribution in [0.3, 0.4) is 0 Å². The summed E-state index contributed by atoms with van der Waals surface area (Å²) in [6, 6.07) is 7.15. The fraction of sp³-hybridized carbons (Fsp3) is 0.667. The van der Waals surface area contributed by atoms with E-state index in [1.54, 1.807) is 0 Å². The van der Waals surface area contributed by atoms with Crippen molar-refractivity contribution in [3.8, 4) is 0 Å². The number of ether oxygens (including phenoxy) is 1. The Hall–Kier alpha value is -1.51. The summed E-state index contributed by atoms with van der Waals surface area (Å²) in [6.45, 7) is 9.74. The molecule has 3 heteroatoms. The van der Waals surface area contributed by atoms with Gasteiger partial charge in [-0.15, -0.1) is 0 Å². The van der Waals surface area contributed by atoms with Gasteiger partial charge in [-0.3, -0.25) is 0 Å². The average molecular weight is 329 g/mol. The van der Waals surface area contributed by atoms with Crippen LogP contribution >= 0.6 is 0 Å². The first-order chi connectivity index (χ1) is 11.5. The third kappa shape index (κ3) is 2.82. The first-order valence-electron chi connectivity index (χ1n) is 9.54. The zero-order valence-corrected chi connectivity index (χ0v) is 15.6. The number of aryl methyl sites for hydroxylation is 1. The SMILES string of the molecule is CCOC(=O)N(CC)[C@H]1Cc2ccc(C)cc2[C@]2(C)CCCC[C@H]12. The lowest BCUT2D eigenvalue weighted by atomic mass is 9.56. The number of amides is 1. The lowest BCUT2D eigenvalue weighted by molar-refractivity contribution is 0.0401. The molecular weight excluding hydrogens is 298 g/mol. The lowest BCUT2D eigenvalue weighted by Crippen LogP contribution is -2.55. The molecule has 0 radical (unpaired) electrons. The standard InChI is InChI=1S/C21H31NO2/c1-5-22(20(23)24-6-2)19-14-16-11-10-15(3)13-18(16)21(4)12-8-7-9-17(19)21/h10-11,13,17,19H,5-9,12,14H2,1-4H3/t17-,19+,21-/m1/s1. The average Bonchev–Trinajstić information content (AvgIpc) is 2.56. The number of likely N-dealkylation sites (N-methyl/N-ethyl adjacent to an activating group) is 1. The van der Waals surface area contributed by atoms with Crippen LogP contribution < -0.4 is 0 Å². The van der Waals surface area contributed by atoms with E-state index in [9.17, 15) is 4.79 Å². The van der Waals surface area contributed by atoms with Gasteiger partial charge in [-0.1, -0.05) is 43.5 Å². The van der Waals surface area contributed by atoms with Crippen molar-refractivity contribution in [2.45, 2.75) is 71.3 Å². The second-order valence-electron chi connectivity index (χ2n) is 7.69. The minimum atomic E-state index is -0.145. The van der Waals surface area contributed by atoms with E-state index < -0.39 is 0 Å². The molecule has 0 aliphatic heterocycles. The maximum Gasteiger partial charge on any atom is 0.410 e. The summed E-state index contributed by atoms with van der Waals surface area (Å²) in [5.41, 5.74) is 4.48. The molecule has 1 aromatic carbocycles. The number of carbonyl (C=O) groups is 1. The predicted octanol–water partition coefficient (Wildman–Crippen LogP) is 4.85. The van der Waals surface area contributed by atoms with Crippen molar-refractivity contribution < 1.29 is 9.53 Å². The Kier molecular flexibility index (Phi) is 4.89. The van der Waals surface area contributed by atoms with Gasteiger partial charge in [0.15, 0.2) is 0 Å². The molecular formula is C21H31NO2. The van der Waals surface area contributed by atoms with E-state index >= 15 is 0 Å². The van der Waals surface area contributed by atoms with E-state index in [1.165, 1.54) is 42.4 Å². The fourth-order valence-corrected chi connectivity index (χ4v) is 5.11. The van der Waals surface area contributed by atoms with Gasteiger partial charge in [0.05, 0.1) is 6.61 Å². The molecule has 0 saturated heterocycles. The second kappa shape index (κ2) is 6.78. The van der Waals surface area contributed by atoms with Crippen LogP contribution in [0.25, 0.3) is 0 Å². The van der Waals surface area contributed by atoms with Gasteiger partial charge in [-0.25, -0.2) is 4.79 Å². The molecule has 0 heterocycles. The summed E-state index contributed by atoms with van der Waals surface area (Å²) in [6.07, 6.45) is 5.82. The Balaban J connectivity index is 2.02. The van der Waals surface area contributed by atoms with E-state index in [1.807, 2.05) is 11.8 Å². The Bertz CT molecular complexity index is 612. The summed E-state index contributed by atoms with van der Waals surface area (Å²) in [5.74, 6) is 0.532. The van der Waals surface area contributed by atoms with E-state index in [0.29, 0.717) is 12.5 Å². The highest BCUT2D eigenvalue weighted by atomic mass is 16.6. The smallest absolute Gasteiger partial charge is 0.410 e. The van der Waals surface area contributed by atoms with Gasteiger partial charge in [0.25, 0.3) is 0 Å².